The Balaban J connectivity index is 2.03. The molecule has 23 heavy (non-hydrogen) atoms. The topological polar surface area (TPSA) is 68.9 Å². The van der Waals surface area contributed by atoms with Crippen LogP contribution in [0.5, 0.6) is 5.75 Å². The first kappa shape index (κ1) is 16.8. The lowest BCUT2D eigenvalue weighted by atomic mass is 10.1. The van der Waals surface area contributed by atoms with Crippen molar-refractivity contribution in [1.82, 2.24) is 0 Å². The van der Waals surface area contributed by atoms with E-state index in [0.717, 1.165) is 11.3 Å². The summed E-state index contributed by atoms with van der Waals surface area (Å²) in [6, 6.07) is 13.5. The summed E-state index contributed by atoms with van der Waals surface area (Å²) in [5, 5.41) is 2.99. The van der Waals surface area contributed by atoms with Gasteiger partial charge in [0.2, 0.25) is 0 Å². The van der Waals surface area contributed by atoms with Crippen molar-refractivity contribution in [1.29, 1.82) is 0 Å². The van der Waals surface area contributed by atoms with Crippen molar-refractivity contribution in [3.63, 3.8) is 0 Å². The minimum absolute atomic E-state index is 0.249. The van der Waals surface area contributed by atoms with Gasteiger partial charge >= 0.3 is 0 Å². The molecule has 1 atom stereocenters. The normalized spacial score (nSPS) is 12.7. The minimum Gasteiger partial charge on any atom is -0.495 e. The Morgan fingerprint density at radius 1 is 1.17 bits per heavy atom. The van der Waals surface area contributed by atoms with Crippen molar-refractivity contribution in [3.05, 3.63) is 59.9 Å². The van der Waals surface area contributed by atoms with E-state index in [1.807, 2.05) is 24.3 Å². The predicted octanol–water partition coefficient (Wildman–Crippen LogP) is 2.95. The van der Waals surface area contributed by atoms with Crippen LogP contribution in [0.25, 0.3) is 0 Å². The van der Waals surface area contributed by atoms with Gasteiger partial charge in [0, 0.05) is 7.11 Å². The van der Waals surface area contributed by atoms with Gasteiger partial charge in [0.25, 0.3) is 0 Å². The lowest BCUT2D eigenvalue weighted by Gasteiger charge is -2.14. The number of guanidine groups is 1. The number of hydrogen-bond donors (Lipinski definition) is 2. The number of nitrogens with zero attached hydrogens (tertiary/aromatic N) is 1. The van der Waals surface area contributed by atoms with Gasteiger partial charge < -0.3 is 20.5 Å². The number of anilines is 1. The van der Waals surface area contributed by atoms with Gasteiger partial charge in [-0.15, -0.1) is 0 Å². The first-order valence-electron chi connectivity index (χ1n) is 7.12. The molecule has 0 heterocycles. The summed E-state index contributed by atoms with van der Waals surface area (Å²) < 4.78 is 23.6. The molecule has 6 heteroatoms. The van der Waals surface area contributed by atoms with E-state index in [1.54, 1.807) is 26.4 Å². The van der Waals surface area contributed by atoms with Crippen LogP contribution < -0.4 is 15.8 Å². The van der Waals surface area contributed by atoms with Gasteiger partial charge in [-0.05, 0) is 29.8 Å². The molecule has 5 nitrogen and oxygen atoms in total. The summed E-state index contributed by atoms with van der Waals surface area (Å²) in [4.78, 5) is 4.27. The fourth-order valence-electron chi connectivity index (χ4n) is 2.10. The standard InChI is InChI=1S/C17H20FN3O2/c1-22-15-6-4-3-5-14(15)21-17(19)20-11-16(23-2)12-7-9-13(18)10-8-12/h3-10,16H,11H2,1-2H3,(H3,19,20,21). The molecule has 0 aromatic heterocycles. The Morgan fingerprint density at radius 2 is 1.87 bits per heavy atom. The molecule has 0 saturated carbocycles. The lowest BCUT2D eigenvalue weighted by Crippen LogP contribution is -2.24. The van der Waals surface area contributed by atoms with Gasteiger partial charge in [0.15, 0.2) is 5.96 Å². The molecule has 0 bridgehead atoms. The highest BCUT2D eigenvalue weighted by molar-refractivity contribution is 5.93. The van der Waals surface area contributed by atoms with E-state index in [9.17, 15) is 4.39 Å². The highest BCUT2D eigenvalue weighted by Gasteiger charge is 2.10. The zero-order valence-electron chi connectivity index (χ0n) is 13.1. The first-order chi connectivity index (χ1) is 11.1. The van der Waals surface area contributed by atoms with Gasteiger partial charge in [-0.2, -0.15) is 0 Å². The summed E-state index contributed by atoms with van der Waals surface area (Å²) >= 11 is 0. The highest BCUT2D eigenvalue weighted by atomic mass is 19.1. The minimum atomic E-state index is -0.298. The number of methoxy groups -OCH3 is 2. The van der Waals surface area contributed by atoms with Crippen LogP contribution in [0.15, 0.2) is 53.5 Å². The molecule has 0 aliphatic rings. The molecule has 2 aromatic rings. The molecular weight excluding hydrogens is 297 g/mol. The zero-order valence-corrected chi connectivity index (χ0v) is 13.1. The fraction of sp³-hybridized carbons (Fsp3) is 0.235. The number of ether oxygens (including phenoxy) is 2. The van der Waals surface area contributed by atoms with Crippen molar-refractivity contribution in [2.75, 3.05) is 26.1 Å². The summed E-state index contributed by atoms with van der Waals surface area (Å²) in [5.41, 5.74) is 7.47. The van der Waals surface area contributed by atoms with E-state index in [1.165, 1.54) is 12.1 Å². The second kappa shape index (κ2) is 8.14. The molecule has 0 aliphatic heterocycles. The van der Waals surface area contributed by atoms with Crippen LogP contribution >= 0.6 is 0 Å². The maximum Gasteiger partial charge on any atom is 0.193 e. The van der Waals surface area contributed by atoms with Gasteiger partial charge in [-0.3, -0.25) is 4.99 Å². The third kappa shape index (κ3) is 4.69. The number of rotatable bonds is 6. The maximum absolute atomic E-state index is 13.0. The third-order valence-electron chi connectivity index (χ3n) is 3.32. The van der Waals surface area contributed by atoms with E-state index in [-0.39, 0.29) is 17.9 Å². The van der Waals surface area contributed by atoms with E-state index in [0.29, 0.717) is 12.3 Å². The first-order valence-corrected chi connectivity index (χ1v) is 7.12. The third-order valence-corrected chi connectivity index (χ3v) is 3.32. The number of hydrogen-bond acceptors (Lipinski definition) is 3. The largest absolute Gasteiger partial charge is 0.495 e. The van der Waals surface area contributed by atoms with Crippen LogP contribution in [0.2, 0.25) is 0 Å². The van der Waals surface area contributed by atoms with Crippen LogP contribution in [-0.2, 0) is 4.74 Å². The molecule has 0 amide bonds. The zero-order chi connectivity index (χ0) is 16.7. The monoisotopic (exact) mass is 317 g/mol. The van der Waals surface area contributed by atoms with Crippen LogP contribution in [0.4, 0.5) is 10.1 Å². The van der Waals surface area contributed by atoms with Crippen molar-refractivity contribution >= 4 is 11.6 Å². The number of nitrogens with two attached hydrogens (primary N) is 1. The molecule has 3 N–H and O–H groups in total. The smallest absolute Gasteiger partial charge is 0.193 e. The van der Waals surface area contributed by atoms with Crippen molar-refractivity contribution < 1.29 is 13.9 Å². The molecular formula is C17H20FN3O2. The number of halogens is 1. The number of benzene rings is 2. The predicted molar refractivity (Wildman–Crippen MR) is 89.3 cm³/mol. The fourth-order valence-corrected chi connectivity index (χ4v) is 2.10. The summed E-state index contributed by atoms with van der Waals surface area (Å²) in [6.45, 7) is 0.316. The van der Waals surface area contributed by atoms with E-state index in [4.69, 9.17) is 15.2 Å². The number of aliphatic imine (C=N–C) groups is 1. The summed E-state index contributed by atoms with van der Waals surface area (Å²) in [6.07, 6.45) is -0.298. The molecule has 2 rings (SSSR count). The lowest BCUT2D eigenvalue weighted by molar-refractivity contribution is 0.111. The van der Waals surface area contributed by atoms with E-state index in [2.05, 4.69) is 10.3 Å². The summed E-state index contributed by atoms with van der Waals surface area (Å²) in [7, 11) is 3.16. The van der Waals surface area contributed by atoms with Gasteiger partial charge in [-0.25, -0.2) is 4.39 Å². The SMILES string of the molecule is COc1ccccc1NC(N)=NCC(OC)c1ccc(F)cc1. The maximum atomic E-state index is 13.0. The van der Waals surface area contributed by atoms with E-state index < -0.39 is 0 Å². The second-order valence-electron chi connectivity index (χ2n) is 4.83. The van der Waals surface area contributed by atoms with Crippen molar-refractivity contribution in [2.24, 2.45) is 10.7 Å². The Kier molecular flexibility index (Phi) is 5.94. The van der Waals surface area contributed by atoms with Crippen LogP contribution in [0, 0.1) is 5.82 Å². The Bertz CT molecular complexity index is 659. The average Bonchev–Trinajstić information content (AvgIpc) is 2.57. The van der Waals surface area contributed by atoms with E-state index >= 15 is 0 Å². The van der Waals surface area contributed by atoms with Gasteiger partial charge in [0.1, 0.15) is 17.7 Å². The Morgan fingerprint density at radius 3 is 2.52 bits per heavy atom. The highest BCUT2D eigenvalue weighted by Crippen LogP contribution is 2.23. The molecule has 122 valence electrons. The number of nitrogens with one attached hydrogen (secondary N) is 1. The average molecular weight is 317 g/mol. The van der Waals surface area contributed by atoms with Crippen LogP contribution in [0.3, 0.4) is 0 Å². The summed E-state index contributed by atoms with van der Waals surface area (Å²) in [5.74, 6) is 0.635. The molecule has 0 aliphatic carbocycles. The second-order valence-corrected chi connectivity index (χ2v) is 4.83. The van der Waals surface area contributed by atoms with Gasteiger partial charge in [-0.1, -0.05) is 24.3 Å². The molecule has 0 saturated heterocycles. The van der Waals surface area contributed by atoms with Crippen LogP contribution in [0.1, 0.15) is 11.7 Å². The molecule has 2 aromatic carbocycles. The molecule has 0 radical (unpaired) electrons. The van der Waals surface area contributed by atoms with Crippen molar-refractivity contribution in [2.45, 2.75) is 6.10 Å². The van der Waals surface area contributed by atoms with Crippen LogP contribution in [-0.4, -0.2) is 26.7 Å². The Labute approximate surface area is 134 Å². The van der Waals surface area contributed by atoms with Gasteiger partial charge in [0.05, 0.1) is 19.3 Å². The quantitative estimate of drug-likeness (QED) is 0.635. The molecule has 0 spiro atoms. The number of para-hydroxylation sites is 2. The van der Waals surface area contributed by atoms with Crippen molar-refractivity contribution in [3.8, 4) is 5.75 Å². The molecule has 1 unspecified atom stereocenters. The Hall–Kier alpha value is -2.60. The molecule has 0 fully saturated rings.